The first-order chi connectivity index (χ1) is 6.55. The lowest BCUT2D eigenvalue weighted by Gasteiger charge is -2.19. The smallest absolute Gasteiger partial charge is 0.151 e. The van der Waals surface area contributed by atoms with Crippen molar-refractivity contribution in [1.29, 1.82) is 0 Å². The Labute approximate surface area is 86.8 Å². The molecule has 0 saturated heterocycles. The summed E-state index contributed by atoms with van der Waals surface area (Å²) in [6.07, 6.45) is 0.708. The number of hydrogen-bond acceptors (Lipinski definition) is 4. The molecule has 0 atom stereocenters. The number of aliphatic hydroxyl groups excluding tert-OH is 1. The summed E-state index contributed by atoms with van der Waals surface area (Å²) in [6, 6.07) is 0. The zero-order chi connectivity index (χ0) is 11.0. The van der Waals surface area contributed by atoms with Crippen molar-refractivity contribution >= 4 is 9.84 Å². The fraction of sp³-hybridized carbons (Fsp3) is 1.00. The first-order valence-corrected chi connectivity index (χ1v) is 6.91. The monoisotopic (exact) mass is 223 g/mol. The highest BCUT2D eigenvalue weighted by Crippen LogP contribution is 1.95. The van der Waals surface area contributed by atoms with Crippen molar-refractivity contribution in [3.05, 3.63) is 0 Å². The molecule has 0 rings (SSSR count). The highest BCUT2D eigenvalue weighted by molar-refractivity contribution is 7.91. The van der Waals surface area contributed by atoms with E-state index in [9.17, 15) is 8.42 Å². The lowest BCUT2D eigenvalue weighted by Crippen LogP contribution is -2.31. The van der Waals surface area contributed by atoms with Crippen LogP contribution in [-0.4, -0.2) is 56.2 Å². The molecule has 0 amide bonds. The van der Waals surface area contributed by atoms with Crippen molar-refractivity contribution < 1.29 is 13.5 Å². The van der Waals surface area contributed by atoms with Crippen LogP contribution in [0.1, 0.15) is 20.3 Å². The first kappa shape index (κ1) is 13.9. The molecule has 1 N–H and O–H groups in total. The molecule has 86 valence electrons. The molecule has 0 saturated carbocycles. The normalized spacial score (nSPS) is 12.3. The van der Waals surface area contributed by atoms with Gasteiger partial charge in [0, 0.05) is 25.4 Å². The zero-order valence-electron chi connectivity index (χ0n) is 9.07. The van der Waals surface area contributed by atoms with Crippen molar-refractivity contribution in [2.75, 3.05) is 37.7 Å². The standard InChI is InChI=1S/C9H21NO3S/c1-3-10(6-5-8-11)7-9-14(12,13)4-2/h11H,3-9H2,1-2H3. The molecule has 0 aromatic carbocycles. The van der Waals surface area contributed by atoms with Gasteiger partial charge >= 0.3 is 0 Å². The third-order valence-electron chi connectivity index (χ3n) is 2.24. The van der Waals surface area contributed by atoms with Crippen LogP contribution in [0.2, 0.25) is 0 Å². The van der Waals surface area contributed by atoms with Gasteiger partial charge in [-0.3, -0.25) is 0 Å². The lowest BCUT2D eigenvalue weighted by molar-refractivity contribution is 0.237. The fourth-order valence-electron chi connectivity index (χ4n) is 1.13. The molecule has 0 aromatic heterocycles. The van der Waals surface area contributed by atoms with Crippen LogP contribution >= 0.6 is 0 Å². The van der Waals surface area contributed by atoms with Crippen LogP contribution in [0.4, 0.5) is 0 Å². The molecule has 14 heavy (non-hydrogen) atoms. The van der Waals surface area contributed by atoms with Gasteiger partial charge in [0.1, 0.15) is 0 Å². The second-order valence-electron chi connectivity index (χ2n) is 3.25. The van der Waals surface area contributed by atoms with E-state index in [0.29, 0.717) is 13.0 Å². The topological polar surface area (TPSA) is 57.6 Å². The predicted molar refractivity (Wildman–Crippen MR) is 58.1 cm³/mol. The van der Waals surface area contributed by atoms with Gasteiger partial charge in [-0.25, -0.2) is 8.42 Å². The summed E-state index contributed by atoms with van der Waals surface area (Å²) in [5.41, 5.74) is 0. The summed E-state index contributed by atoms with van der Waals surface area (Å²) in [5.74, 6) is 0.438. The maximum atomic E-state index is 11.2. The van der Waals surface area contributed by atoms with Crippen LogP contribution in [0.5, 0.6) is 0 Å². The molecule has 0 aliphatic rings. The van der Waals surface area contributed by atoms with Crippen LogP contribution in [0.15, 0.2) is 0 Å². The van der Waals surface area contributed by atoms with Crippen LogP contribution in [0, 0.1) is 0 Å². The minimum atomic E-state index is -2.85. The minimum Gasteiger partial charge on any atom is -0.396 e. The zero-order valence-corrected chi connectivity index (χ0v) is 9.89. The summed E-state index contributed by atoms with van der Waals surface area (Å²) >= 11 is 0. The number of aliphatic hydroxyl groups is 1. The Morgan fingerprint density at radius 1 is 1.21 bits per heavy atom. The highest BCUT2D eigenvalue weighted by atomic mass is 32.2. The number of nitrogens with zero attached hydrogens (tertiary/aromatic N) is 1. The van der Waals surface area contributed by atoms with Crippen LogP contribution in [0.3, 0.4) is 0 Å². The summed E-state index contributed by atoms with van der Waals surface area (Å²) in [5, 5.41) is 8.64. The van der Waals surface area contributed by atoms with E-state index in [4.69, 9.17) is 5.11 Å². The fourth-order valence-corrected chi connectivity index (χ4v) is 1.96. The van der Waals surface area contributed by atoms with Gasteiger partial charge in [-0.05, 0) is 13.0 Å². The first-order valence-electron chi connectivity index (χ1n) is 5.09. The van der Waals surface area contributed by atoms with E-state index in [0.717, 1.165) is 13.1 Å². The van der Waals surface area contributed by atoms with Crippen LogP contribution < -0.4 is 0 Å². The van der Waals surface area contributed by atoms with Gasteiger partial charge in [-0.15, -0.1) is 0 Å². The number of sulfone groups is 1. The van der Waals surface area contributed by atoms with Gasteiger partial charge in [0.25, 0.3) is 0 Å². The van der Waals surface area contributed by atoms with E-state index >= 15 is 0 Å². The summed E-state index contributed by atoms with van der Waals surface area (Å²) in [4.78, 5) is 2.05. The van der Waals surface area contributed by atoms with E-state index in [2.05, 4.69) is 0 Å². The van der Waals surface area contributed by atoms with E-state index in [1.807, 2.05) is 11.8 Å². The molecule has 0 unspecified atom stereocenters. The third kappa shape index (κ3) is 6.34. The SMILES string of the molecule is CCN(CCCO)CCS(=O)(=O)CC. The Morgan fingerprint density at radius 2 is 1.86 bits per heavy atom. The molecular formula is C9H21NO3S. The maximum absolute atomic E-state index is 11.2. The van der Waals surface area contributed by atoms with Gasteiger partial charge in [0.2, 0.25) is 0 Å². The molecule has 5 heteroatoms. The Hall–Kier alpha value is -0.130. The van der Waals surface area contributed by atoms with E-state index in [-0.39, 0.29) is 18.1 Å². The van der Waals surface area contributed by atoms with Crippen LogP contribution in [0.25, 0.3) is 0 Å². The molecule has 0 radical (unpaired) electrons. The third-order valence-corrected chi connectivity index (χ3v) is 3.92. The van der Waals surface area contributed by atoms with Crippen molar-refractivity contribution in [1.82, 2.24) is 4.90 Å². The summed E-state index contributed by atoms with van der Waals surface area (Å²) in [6.45, 7) is 6.00. The Balaban J connectivity index is 3.83. The maximum Gasteiger partial charge on any atom is 0.151 e. The van der Waals surface area contributed by atoms with E-state index in [1.54, 1.807) is 6.92 Å². The predicted octanol–water partition coefficient (Wildman–Crippen LogP) is 0.125. The number of hydrogen-bond donors (Lipinski definition) is 1. The number of rotatable bonds is 8. The quantitative estimate of drug-likeness (QED) is 0.635. The molecule has 4 nitrogen and oxygen atoms in total. The molecule has 0 fully saturated rings. The molecular weight excluding hydrogens is 202 g/mol. The van der Waals surface area contributed by atoms with Crippen molar-refractivity contribution in [3.8, 4) is 0 Å². The largest absolute Gasteiger partial charge is 0.396 e. The van der Waals surface area contributed by atoms with E-state index in [1.165, 1.54) is 0 Å². The minimum absolute atomic E-state index is 0.164. The van der Waals surface area contributed by atoms with Gasteiger partial charge in [-0.2, -0.15) is 0 Å². The average molecular weight is 223 g/mol. The second-order valence-corrected chi connectivity index (χ2v) is 5.72. The second kappa shape index (κ2) is 7.20. The summed E-state index contributed by atoms with van der Waals surface area (Å²) < 4.78 is 22.4. The van der Waals surface area contributed by atoms with Crippen molar-refractivity contribution in [2.24, 2.45) is 0 Å². The van der Waals surface area contributed by atoms with Crippen molar-refractivity contribution in [3.63, 3.8) is 0 Å². The molecule has 0 aliphatic carbocycles. The molecule has 0 heterocycles. The van der Waals surface area contributed by atoms with E-state index < -0.39 is 9.84 Å². The van der Waals surface area contributed by atoms with Crippen LogP contribution in [-0.2, 0) is 9.84 Å². The van der Waals surface area contributed by atoms with Gasteiger partial charge < -0.3 is 10.0 Å². The highest BCUT2D eigenvalue weighted by Gasteiger charge is 2.10. The van der Waals surface area contributed by atoms with Gasteiger partial charge in [-0.1, -0.05) is 13.8 Å². The molecule has 0 bridgehead atoms. The van der Waals surface area contributed by atoms with Gasteiger partial charge in [0.15, 0.2) is 9.84 Å². The summed E-state index contributed by atoms with van der Waals surface area (Å²) in [7, 11) is -2.85. The Morgan fingerprint density at radius 3 is 2.29 bits per heavy atom. The van der Waals surface area contributed by atoms with Crippen molar-refractivity contribution in [2.45, 2.75) is 20.3 Å². The molecule has 0 aliphatic heterocycles. The lowest BCUT2D eigenvalue weighted by atomic mass is 10.4. The average Bonchev–Trinajstić information content (AvgIpc) is 2.18. The Kier molecular flexibility index (Phi) is 7.13. The molecule has 0 spiro atoms. The molecule has 0 aromatic rings. The Bertz CT molecular complexity index is 226. The van der Waals surface area contributed by atoms with Gasteiger partial charge in [0.05, 0.1) is 5.75 Å².